The van der Waals surface area contributed by atoms with Crippen LogP contribution in [0.3, 0.4) is 0 Å². The number of benzene rings is 3. The highest BCUT2D eigenvalue weighted by molar-refractivity contribution is 7.92. The lowest BCUT2D eigenvalue weighted by Crippen LogP contribution is -2.15. The standard InChI is InChI=1S/C24H23ClN2O6S/c1-31-18-11-8-16(22(15-18)33-3)9-13-24(28)26-17-10-12-19(25)23(14-17)34(29,30)27-20-6-4-5-7-21(20)32-2/h4-15,27H,1-3H3,(H,26,28). The predicted octanol–water partition coefficient (Wildman–Crippen LogP) is 4.82. The quantitative estimate of drug-likeness (QED) is 0.407. The van der Waals surface area contributed by atoms with Crippen molar-refractivity contribution < 1.29 is 27.4 Å². The smallest absolute Gasteiger partial charge is 0.263 e. The van der Waals surface area contributed by atoms with Crippen LogP contribution in [0.15, 0.2) is 71.6 Å². The van der Waals surface area contributed by atoms with Gasteiger partial charge in [0.25, 0.3) is 10.0 Å². The normalized spacial score (nSPS) is 11.2. The molecule has 0 aliphatic rings. The third-order valence-electron chi connectivity index (χ3n) is 4.69. The van der Waals surface area contributed by atoms with Gasteiger partial charge in [0.05, 0.1) is 32.0 Å². The maximum Gasteiger partial charge on any atom is 0.263 e. The first-order valence-electron chi connectivity index (χ1n) is 9.94. The molecule has 34 heavy (non-hydrogen) atoms. The van der Waals surface area contributed by atoms with E-state index < -0.39 is 15.9 Å². The van der Waals surface area contributed by atoms with Gasteiger partial charge in [0.1, 0.15) is 22.1 Å². The third-order valence-corrected chi connectivity index (χ3v) is 6.54. The maximum atomic E-state index is 13.0. The number of carbonyl (C=O) groups is 1. The number of anilines is 2. The van der Waals surface area contributed by atoms with Gasteiger partial charge in [-0.2, -0.15) is 0 Å². The number of hydrogen-bond donors (Lipinski definition) is 2. The molecule has 3 aromatic rings. The van der Waals surface area contributed by atoms with Crippen molar-refractivity contribution in [2.24, 2.45) is 0 Å². The molecule has 1 amide bonds. The number of sulfonamides is 1. The molecule has 0 aliphatic heterocycles. The van der Waals surface area contributed by atoms with Crippen LogP contribution in [-0.4, -0.2) is 35.7 Å². The van der Waals surface area contributed by atoms with Crippen molar-refractivity contribution in [2.45, 2.75) is 4.90 Å². The van der Waals surface area contributed by atoms with E-state index in [2.05, 4.69) is 10.0 Å². The Bertz CT molecular complexity index is 1320. The Morgan fingerprint density at radius 2 is 1.65 bits per heavy atom. The molecule has 0 fully saturated rings. The Kier molecular flexibility index (Phi) is 8.04. The van der Waals surface area contributed by atoms with Crippen molar-refractivity contribution in [3.63, 3.8) is 0 Å². The summed E-state index contributed by atoms with van der Waals surface area (Å²) in [5.74, 6) is 1.03. The van der Waals surface area contributed by atoms with E-state index in [1.165, 1.54) is 38.5 Å². The Morgan fingerprint density at radius 3 is 2.35 bits per heavy atom. The van der Waals surface area contributed by atoms with Gasteiger partial charge in [0, 0.05) is 23.4 Å². The Labute approximate surface area is 203 Å². The molecule has 0 heterocycles. The second kappa shape index (κ2) is 11.0. The van der Waals surface area contributed by atoms with Crippen molar-refractivity contribution in [2.75, 3.05) is 31.4 Å². The van der Waals surface area contributed by atoms with E-state index in [0.29, 0.717) is 22.8 Å². The molecule has 2 N–H and O–H groups in total. The second-order valence-corrected chi connectivity index (χ2v) is 8.94. The molecule has 8 nitrogen and oxygen atoms in total. The molecule has 0 saturated heterocycles. The molecular formula is C24H23ClN2O6S. The Hall–Kier alpha value is -3.69. The van der Waals surface area contributed by atoms with Gasteiger partial charge in [0.15, 0.2) is 0 Å². The van der Waals surface area contributed by atoms with Gasteiger partial charge in [-0.25, -0.2) is 8.42 Å². The third kappa shape index (κ3) is 6.00. The summed E-state index contributed by atoms with van der Waals surface area (Å²) in [5, 5.41) is 2.63. The number of rotatable bonds is 9. The molecule has 10 heteroatoms. The fourth-order valence-corrected chi connectivity index (χ4v) is 4.62. The van der Waals surface area contributed by atoms with E-state index in [1.807, 2.05) is 0 Å². The summed E-state index contributed by atoms with van der Waals surface area (Å²) < 4.78 is 44.0. The minimum absolute atomic E-state index is 0.00101. The van der Waals surface area contributed by atoms with Gasteiger partial charge < -0.3 is 19.5 Å². The lowest BCUT2D eigenvalue weighted by atomic mass is 10.1. The second-order valence-electron chi connectivity index (χ2n) is 6.88. The lowest BCUT2D eigenvalue weighted by molar-refractivity contribution is -0.111. The summed E-state index contributed by atoms with van der Waals surface area (Å²) in [5.41, 5.74) is 1.17. The van der Waals surface area contributed by atoms with Crippen LogP contribution in [0.4, 0.5) is 11.4 Å². The van der Waals surface area contributed by atoms with Crippen LogP contribution >= 0.6 is 11.6 Å². The van der Waals surface area contributed by atoms with Gasteiger partial charge >= 0.3 is 0 Å². The molecule has 0 aliphatic carbocycles. The molecule has 3 rings (SSSR count). The van der Waals surface area contributed by atoms with E-state index in [-0.39, 0.29) is 21.3 Å². The molecular weight excluding hydrogens is 480 g/mol. The van der Waals surface area contributed by atoms with E-state index in [9.17, 15) is 13.2 Å². The van der Waals surface area contributed by atoms with E-state index >= 15 is 0 Å². The first-order valence-corrected chi connectivity index (χ1v) is 11.8. The summed E-state index contributed by atoms with van der Waals surface area (Å²) >= 11 is 6.16. The highest BCUT2D eigenvalue weighted by atomic mass is 35.5. The summed E-state index contributed by atoms with van der Waals surface area (Å²) in [4.78, 5) is 12.3. The first kappa shape index (κ1) is 24.9. The monoisotopic (exact) mass is 502 g/mol. The molecule has 0 unspecified atom stereocenters. The number of methoxy groups -OCH3 is 3. The number of hydrogen-bond acceptors (Lipinski definition) is 6. The zero-order valence-corrected chi connectivity index (χ0v) is 20.2. The van der Waals surface area contributed by atoms with Crippen LogP contribution in [0.2, 0.25) is 5.02 Å². The van der Waals surface area contributed by atoms with Gasteiger partial charge in [-0.3, -0.25) is 9.52 Å². The van der Waals surface area contributed by atoms with E-state index in [4.69, 9.17) is 25.8 Å². The molecule has 0 radical (unpaired) electrons. The van der Waals surface area contributed by atoms with Crippen molar-refractivity contribution in [1.82, 2.24) is 0 Å². The van der Waals surface area contributed by atoms with Gasteiger partial charge in [-0.15, -0.1) is 0 Å². The molecule has 0 aromatic heterocycles. The SMILES string of the molecule is COc1ccc(C=CC(=O)Nc2ccc(Cl)c(S(=O)(=O)Nc3ccccc3OC)c2)c(OC)c1. The van der Waals surface area contributed by atoms with Crippen molar-refractivity contribution in [3.05, 3.63) is 77.3 Å². The fraction of sp³-hybridized carbons (Fsp3) is 0.125. The van der Waals surface area contributed by atoms with Gasteiger partial charge in [-0.1, -0.05) is 23.7 Å². The number of amides is 1. The Morgan fingerprint density at radius 1 is 0.912 bits per heavy atom. The van der Waals surface area contributed by atoms with Crippen molar-refractivity contribution >= 4 is 45.0 Å². The summed E-state index contributed by atoms with van der Waals surface area (Å²) in [6, 6.07) is 15.9. The van der Waals surface area contributed by atoms with Crippen LogP contribution in [-0.2, 0) is 14.8 Å². The number of ether oxygens (including phenoxy) is 3. The highest BCUT2D eigenvalue weighted by Crippen LogP contribution is 2.30. The summed E-state index contributed by atoms with van der Waals surface area (Å²) in [6.07, 6.45) is 2.88. The molecule has 178 valence electrons. The van der Waals surface area contributed by atoms with Crippen LogP contribution in [0.25, 0.3) is 6.08 Å². The predicted molar refractivity (Wildman–Crippen MR) is 132 cm³/mol. The lowest BCUT2D eigenvalue weighted by Gasteiger charge is -2.13. The molecule has 0 spiro atoms. The zero-order valence-electron chi connectivity index (χ0n) is 18.7. The van der Waals surface area contributed by atoms with E-state index in [0.717, 1.165) is 0 Å². The fourth-order valence-electron chi connectivity index (χ4n) is 3.02. The number of para-hydroxylation sites is 2. The summed E-state index contributed by atoms with van der Waals surface area (Å²) in [6.45, 7) is 0. The van der Waals surface area contributed by atoms with Gasteiger partial charge in [-0.05, 0) is 48.5 Å². The van der Waals surface area contributed by atoms with Crippen LogP contribution in [0, 0.1) is 0 Å². The summed E-state index contributed by atoms with van der Waals surface area (Å²) in [7, 11) is 0.431. The largest absolute Gasteiger partial charge is 0.497 e. The van der Waals surface area contributed by atoms with Crippen LogP contribution < -0.4 is 24.2 Å². The number of halogens is 1. The molecule has 3 aromatic carbocycles. The Balaban J connectivity index is 1.79. The minimum Gasteiger partial charge on any atom is -0.497 e. The van der Waals surface area contributed by atoms with Crippen molar-refractivity contribution in [3.8, 4) is 17.2 Å². The van der Waals surface area contributed by atoms with Gasteiger partial charge in [0.2, 0.25) is 5.91 Å². The average molecular weight is 503 g/mol. The topological polar surface area (TPSA) is 103 Å². The highest BCUT2D eigenvalue weighted by Gasteiger charge is 2.20. The number of nitrogens with one attached hydrogen (secondary N) is 2. The molecule has 0 atom stereocenters. The zero-order chi connectivity index (χ0) is 24.7. The van der Waals surface area contributed by atoms with Crippen LogP contribution in [0.1, 0.15) is 5.56 Å². The average Bonchev–Trinajstić information content (AvgIpc) is 2.83. The minimum atomic E-state index is -4.07. The molecule has 0 saturated carbocycles. The van der Waals surface area contributed by atoms with Crippen molar-refractivity contribution in [1.29, 1.82) is 0 Å². The number of carbonyl (C=O) groups excluding carboxylic acids is 1. The van der Waals surface area contributed by atoms with Crippen LogP contribution in [0.5, 0.6) is 17.2 Å². The first-order chi connectivity index (χ1) is 16.3. The van der Waals surface area contributed by atoms with E-state index in [1.54, 1.807) is 55.7 Å². The maximum absolute atomic E-state index is 13.0. The molecule has 0 bridgehead atoms.